The molecule has 1 N–H and O–H groups in total. The highest BCUT2D eigenvalue weighted by Gasteiger charge is 2.14. The van der Waals surface area contributed by atoms with Gasteiger partial charge in [-0.25, -0.2) is 0 Å². The van der Waals surface area contributed by atoms with Gasteiger partial charge in [0.05, 0.1) is 6.21 Å². The minimum Gasteiger partial charge on any atom is -0.485 e. The zero-order chi connectivity index (χ0) is 18.0. The van der Waals surface area contributed by atoms with Crippen LogP contribution in [0.1, 0.15) is 39.2 Å². The van der Waals surface area contributed by atoms with E-state index in [4.69, 9.17) is 10.1 Å². The van der Waals surface area contributed by atoms with E-state index in [-0.39, 0.29) is 17.8 Å². The van der Waals surface area contributed by atoms with Crippen LogP contribution in [0.5, 0.6) is 5.75 Å². The Bertz CT molecular complexity index is 622. The van der Waals surface area contributed by atoms with Gasteiger partial charge >= 0.3 is 0 Å². The molecule has 0 saturated heterocycles. The highest BCUT2D eigenvalue weighted by Crippen LogP contribution is 2.28. The number of hydrogen-bond donors (Lipinski definition) is 1. The molecule has 1 aromatic carbocycles. The molecule has 128 valence electrons. The molecule has 0 radical (unpaired) electrons. The number of nitrogens with one attached hydrogen (secondary N) is 1. The molecule has 3 nitrogen and oxygen atoms in total. The zero-order valence-corrected chi connectivity index (χ0v) is 14.8. The first-order chi connectivity index (χ1) is 11.4. The second-order valence-electron chi connectivity index (χ2n) is 6.33. The van der Waals surface area contributed by atoms with Gasteiger partial charge in [-0.15, -0.1) is 6.58 Å². The summed E-state index contributed by atoms with van der Waals surface area (Å²) in [7, 11) is 0. The molecule has 1 aromatic rings. The summed E-state index contributed by atoms with van der Waals surface area (Å²) in [4.78, 5) is 11.0. The number of carbonyl (C=O) groups is 1. The third-order valence-electron chi connectivity index (χ3n) is 3.78. The highest BCUT2D eigenvalue weighted by atomic mass is 16.5. The van der Waals surface area contributed by atoms with Crippen molar-refractivity contribution in [1.82, 2.24) is 0 Å². The summed E-state index contributed by atoms with van der Waals surface area (Å²) in [5.41, 5.74) is 2.36. The fourth-order valence-corrected chi connectivity index (χ4v) is 2.08. The van der Waals surface area contributed by atoms with Crippen molar-refractivity contribution < 1.29 is 9.53 Å². The van der Waals surface area contributed by atoms with E-state index in [0.29, 0.717) is 5.75 Å². The summed E-state index contributed by atoms with van der Waals surface area (Å²) in [5.74, 6) is 0.273. The largest absolute Gasteiger partial charge is 0.485 e. The van der Waals surface area contributed by atoms with Gasteiger partial charge < -0.3 is 10.1 Å². The van der Waals surface area contributed by atoms with Gasteiger partial charge in [0.25, 0.3) is 0 Å². The highest BCUT2D eigenvalue weighted by molar-refractivity contribution is 6.26. The maximum Gasteiger partial charge on any atom is 0.210 e. The number of ketones is 1. The molecule has 0 amide bonds. The van der Waals surface area contributed by atoms with Crippen molar-refractivity contribution in [2.24, 2.45) is 5.41 Å². The number of hydrogen-bond acceptors (Lipinski definition) is 3. The lowest BCUT2D eigenvalue weighted by Crippen LogP contribution is -2.11. The van der Waals surface area contributed by atoms with Crippen molar-refractivity contribution in [1.29, 1.82) is 5.41 Å². The van der Waals surface area contributed by atoms with Crippen molar-refractivity contribution in [2.75, 3.05) is 6.61 Å². The molecule has 0 spiro atoms. The van der Waals surface area contributed by atoms with E-state index in [2.05, 4.69) is 45.6 Å². The predicted molar refractivity (Wildman–Crippen MR) is 102 cm³/mol. The Morgan fingerprint density at radius 3 is 2.50 bits per heavy atom. The van der Waals surface area contributed by atoms with Gasteiger partial charge in [0.2, 0.25) is 5.78 Å². The van der Waals surface area contributed by atoms with E-state index < -0.39 is 0 Å². The van der Waals surface area contributed by atoms with Crippen LogP contribution in [0, 0.1) is 10.8 Å². The smallest absolute Gasteiger partial charge is 0.210 e. The van der Waals surface area contributed by atoms with Gasteiger partial charge in [0, 0.05) is 5.41 Å². The van der Waals surface area contributed by atoms with Crippen LogP contribution in [0.15, 0.2) is 54.6 Å². The molecule has 0 aliphatic heterocycles. The molecule has 3 heteroatoms. The minimum absolute atomic E-state index is 0.0441. The van der Waals surface area contributed by atoms with E-state index in [1.807, 2.05) is 30.3 Å². The van der Waals surface area contributed by atoms with Gasteiger partial charge in [-0.2, -0.15) is 0 Å². The van der Waals surface area contributed by atoms with Crippen molar-refractivity contribution in [3.05, 3.63) is 60.2 Å². The first kappa shape index (κ1) is 19.6. The molecule has 0 heterocycles. The fraction of sp³-hybridized carbons (Fsp3) is 0.333. The molecule has 0 unspecified atom stereocenters. The molecule has 1 atom stereocenters. The second-order valence-corrected chi connectivity index (χ2v) is 6.33. The summed E-state index contributed by atoms with van der Waals surface area (Å²) in [5, 5.41) is 6.84. The summed E-state index contributed by atoms with van der Waals surface area (Å²) >= 11 is 0. The van der Waals surface area contributed by atoms with E-state index in [1.54, 1.807) is 0 Å². The number of rotatable bonds is 10. The van der Waals surface area contributed by atoms with Crippen molar-refractivity contribution in [3.63, 3.8) is 0 Å². The number of ether oxygens (including phenoxy) is 1. The lowest BCUT2D eigenvalue weighted by molar-refractivity contribution is -0.114. The topological polar surface area (TPSA) is 50.2 Å². The first-order valence-corrected chi connectivity index (χ1v) is 8.11. The maximum atomic E-state index is 11.0. The quantitative estimate of drug-likeness (QED) is 0.472. The SMILES string of the molecule is C=C[C@](C)(/C=C/c1ccc(OCC(=O)C=N)cc1)CCC=C(C)C. The van der Waals surface area contributed by atoms with Crippen molar-refractivity contribution in [2.45, 2.75) is 33.6 Å². The lowest BCUT2D eigenvalue weighted by Gasteiger charge is -2.20. The van der Waals surface area contributed by atoms with Gasteiger partial charge in [-0.1, -0.05) is 48.9 Å². The van der Waals surface area contributed by atoms with Crippen LogP contribution >= 0.6 is 0 Å². The molecule has 0 saturated carbocycles. The third kappa shape index (κ3) is 7.23. The summed E-state index contributed by atoms with van der Waals surface area (Å²) < 4.78 is 5.31. The van der Waals surface area contributed by atoms with Crippen molar-refractivity contribution in [3.8, 4) is 5.75 Å². The second kappa shape index (κ2) is 9.66. The molecule has 0 aliphatic rings. The standard InChI is InChI=1S/C21H27NO2/c1-5-21(4,13-6-7-17(2)3)14-12-18-8-10-20(11-9-18)24-16-19(23)15-22/h5,7-12,14-15,22H,1,6,13,16H2,2-4H3/b14-12+,22-15?/t21-/m0/s1. The van der Waals surface area contributed by atoms with Gasteiger partial charge in [-0.3, -0.25) is 4.79 Å². The molecular weight excluding hydrogens is 298 g/mol. The lowest BCUT2D eigenvalue weighted by atomic mass is 9.84. The molecule has 0 fully saturated rings. The van der Waals surface area contributed by atoms with Gasteiger partial charge in [-0.05, 0) is 44.4 Å². The molecule has 0 aliphatic carbocycles. The van der Waals surface area contributed by atoms with Crippen LogP contribution in [-0.2, 0) is 4.79 Å². The third-order valence-corrected chi connectivity index (χ3v) is 3.78. The van der Waals surface area contributed by atoms with Crippen LogP contribution in [0.25, 0.3) is 6.08 Å². The van der Waals surface area contributed by atoms with E-state index in [9.17, 15) is 4.79 Å². The van der Waals surface area contributed by atoms with Gasteiger partial charge in [0.15, 0.2) is 6.61 Å². The molecule has 1 rings (SSSR count). The molecule has 0 aromatic heterocycles. The number of benzene rings is 1. The first-order valence-electron chi connectivity index (χ1n) is 8.11. The predicted octanol–water partition coefficient (Wildman–Crippen LogP) is 5.24. The Balaban J connectivity index is 2.67. The van der Waals surface area contributed by atoms with E-state index >= 15 is 0 Å². The summed E-state index contributed by atoms with van der Waals surface area (Å²) in [6.07, 6.45) is 11.3. The molecular formula is C21H27NO2. The average molecular weight is 325 g/mol. The molecule has 24 heavy (non-hydrogen) atoms. The number of allylic oxidation sites excluding steroid dienone is 4. The average Bonchev–Trinajstić information content (AvgIpc) is 2.58. The van der Waals surface area contributed by atoms with E-state index in [0.717, 1.165) is 24.6 Å². The monoisotopic (exact) mass is 325 g/mol. The Morgan fingerprint density at radius 2 is 1.96 bits per heavy atom. The van der Waals surface area contributed by atoms with Crippen molar-refractivity contribution >= 4 is 18.1 Å². The number of carbonyl (C=O) groups excluding carboxylic acids is 1. The Labute approximate surface area is 145 Å². The van der Waals surface area contributed by atoms with Crippen LogP contribution in [0.4, 0.5) is 0 Å². The van der Waals surface area contributed by atoms with Crippen LogP contribution in [0.3, 0.4) is 0 Å². The summed E-state index contributed by atoms with van der Waals surface area (Å²) in [6.45, 7) is 10.3. The van der Waals surface area contributed by atoms with Crippen LogP contribution < -0.4 is 4.74 Å². The maximum absolute atomic E-state index is 11.0. The normalized spacial score (nSPS) is 13.1. The Kier molecular flexibility index (Phi) is 7.90. The zero-order valence-electron chi connectivity index (χ0n) is 14.8. The number of Topliss-reactive ketones (excluding diaryl/α,β-unsaturated/α-hetero) is 1. The minimum atomic E-state index is -0.350. The molecule has 0 bridgehead atoms. The summed E-state index contributed by atoms with van der Waals surface area (Å²) in [6, 6.07) is 7.54. The van der Waals surface area contributed by atoms with Gasteiger partial charge in [0.1, 0.15) is 5.75 Å². The Hall–Kier alpha value is -2.42. The van der Waals surface area contributed by atoms with E-state index in [1.165, 1.54) is 5.57 Å². The fourth-order valence-electron chi connectivity index (χ4n) is 2.08. The van der Waals surface area contributed by atoms with Crippen LogP contribution in [0.2, 0.25) is 0 Å². The Morgan fingerprint density at radius 1 is 1.29 bits per heavy atom. The van der Waals surface area contributed by atoms with Crippen LogP contribution in [-0.4, -0.2) is 18.6 Å².